The van der Waals surface area contributed by atoms with Gasteiger partial charge in [0.25, 0.3) is 5.91 Å². The molecule has 5 heteroatoms. The van der Waals surface area contributed by atoms with Gasteiger partial charge in [-0.2, -0.15) is 0 Å². The summed E-state index contributed by atoms with van der Waals surface area (Å²) in [5.74, 6) is 0.509. The Morgan fingerprint density at radius 2 is 2.16 bits per heavy atom. The van der Waals surface area contributed by atoms with Gasteiger partial charge in [0, 0.05) is 6.54 Å². The fraction of sp³-hybridized carbons (Fsp3) is 0.357. The van der Waals surface area contributed by atoms with E-state index in [2.05, 4.69) is 5.92 Å². The molecule has 3 nitrogen and oxygen atoms in total. The van der Waals surface area contributed by atoms with Gasteiger partial charge in [-0.1, -0.05) is 5.92 Å². The number of rotatable bonds is 4. The zero-order valence-electron chi connectivity index (χ0n) is 10.3. The third-order valence-corrected chi connectivity index (χ3v) is 3.04. The molecule has 1 amide bonds. The fourth-order valence-electron chi connectivity index (χ4n) is 1.88. The second-order valence-electron chi connectivity index (χ2n) is 4.69. The maximum atomic E-state index is 13.8. The molecule has 0 aromatic heterocycles. The fourth-order valence-corrected chi connectivity index (χ4v) is 1.88. The average molecular weight is 264 g/mol. The molecule has 2 N–H and O–H groups in total. The molecule has 0 saturated heterocycles. The van der Waals surface area contributed by atoms with Crippen LogP contribution in [0.3, 0.4) is 0 Å². The Labute approximate surface area is 110 Å². The van der Waals surface area contributed by atoms with Gasteiger partial charge in [-0.15, -0.1) is 6.42 Å². The third-order valence-electron chi connectivity index (χ3n) is 3.04. The first-order chi connectivity index (χ1) is 9.02. The molecule has 0 atom stereocenters. The molecule has 1 fully saturated rings. The minimum Gasteiger partial charge on any atom is -0.396 e. The SMILES string of the molecule is C#CCN(CC1CC1)C(=O)c1cc(F)cc(N)c1F. The number of amides is 1. The van der Waals surface area contributed by atoms with Crippen LogP contribution in [0.2, 0.25) is 0 Å². The van der Waals surface area contributed by atoms with Gasteiger partial charge < -0.3 is 10.6 Å². The van der Waals surface area contributed by atoms with Gasteiger partial charge in [0.1, 0.15) is 5.82 Å². The number of carbonyl (C=O) groups is 1. The summed E-state index contributed by atoms with van der Waals surface area (Å²) in [4.78, 5) is 13.5. The highest BCUT2D eigenvalue weighted by Gasteiger charge is 2.28. The summed E-state index contributed by atoms with van der Waals surface area (Å²) in [5, 5.41) is 0. The number of anilines is 1. The van der Waals surface area contributed by atoms with Gasteiger partial charge in [0.2, 0.25) is 0 Å². The molecular weight excluding hydrogens is 250 g/mol. The molecular formula is C14H14F2N2O. The molecule has 0 spiro atoms. The van der Waals surface area contributed by atoms with Gasteiger partial charge in [-0.3, -0.25) is 4.79 Å². The number of benzene rings is 1. The summed E-state index contributed by atoms with van der Waals surface area (Å²) in [5.41, 5.74) is 4.57. The minimum atomic E-state index is -0.899. The Morgan fingerprint density at radius 1 is 1.47 bits per heavy atom. The van der Waals surface area contributed by atoms with Crippen molar-refractivity contribution in [2.45, 2.75) is 12.8 Å². The molecule has 0 unspecified atom stereocenters. The highest BCUT2D eigenvalue weighted by atomic mass is 19.1. The lowest BCUT2D eigenvalue weighted by Crippen LogP contribution is -2.34. The summed E-state index contributed by atoms with van der Waals surface area (Å²) in [6.07, 6.45) is 7.26. The van der Waals surface area contributed by atoms with Crippen LogP contribution in [-0.4, -0.2) is 23.9 Å². The summed E-state index contributed by atoms with van der Waals surface area (Å²) in [7, 11) is 0. The zero-order valence-corrected chi connectivity index (χ0v) is 10.3. The van der Waals surface area contributed by atoms with E-state index in [0.29, 0.717) is 12.5 Å². The zero-order chi connectivity index (χ0) is 14.0. The highest BCUT2D eigenvalue weighted by molar-refractivity contribution is 5.95. The summed E-state index contributed by atoms with van der Waals surface area (Å²) in [6, 6.07) is 1.70. The highest BCUT2D eigenvalue weighted by Crippen LogP contribution is 2.30. The standard InChI is InChI=1S/C14H14F2N2O/c1-2-5-18(8-9-3-4-9)14(19)11-6-10(15)7-12(17)13(11)16/h1,6-7,9H,3-5,8,17H2. The predicted molar refractivity (Wildman–Crippen MR) is 68.2 cm³/mol. The first-order valence-electron chi connectivity index (χ1n) is 6.00. The lowest BCUT2D eigenvalue weighted by atomic mass is 10.1. The largest absolute Gasteiger partial charge is 0.396 e. The van der Waals surface area contributed by atoms with E-state index in [4.69, 9.17) is 12.2 Å². The van der Waals surface area contributed by atoms with Gasteiger partial charge >= 0.3 is 0 Å². The van der Waals surface area contributed by atoms with Crippen molar-refractivity contribution in [1.82, 2.24) is 4.90 Å². The van der Waals surface area contributed by atoms with Gasteiger partial charge in [0.15, 0.2) is 5.82 Å². The molecule has 1 saturated carbocycles. The lowest BCUT2D eigenvalue weighted by molar-refractivity contribution is 0.0764. The average Bonchev–Trinajstić information content (AvgIpc) is 3.16. The van der Waals surface area contributed by atoms with E-state index in [-0.39, 0.29) is 17.8 Å². The van der Waals surface area contributed by atoms with Crippen molar-refractivity contribution in [3.8, 4) is 12.3 Å². The van der Waals surface area contributed by atoms with Crippen LogP contribution in [0.4, 0.5) is 14.5 Å². The van der Waals surface area contributed by atoms with E-state index >= 15 is 0 Å². The van der Waals surface area contributed by atoms with Crippen molar-refractivity contribution in [2.24, 2.45) is 5.92 Å². The topological polar surface area (TPSA) is 46.3 Å². The van der Waals surface area contributed by atoms with Crippen LogP contribution in [0.25, 0.3) is 0 Å². The van der Waals surface area contributed by atoms with Crippen LogP contribution in [0.15, 0.2) is 12.1 Å². The summed E-state index contributed by atoms with van der Waals surface area (Å²) >= 11 is 0. The van der Waals surface area contributed by atoms with Crippen molar-refractivity contribution < 1.29 is 13.6 Å². The predicted octanol–water partition coefficient (Wildman–Crippen LogP) is 2.03. The van der Waals surface area contributed by atoms with Gasteiger partial charge in [-0.25, -0.2) is 8.78 Å². The Kier molecular flexibility index (Phi) is 3.70. The number of halogens is 2. The normalized spacial score (nSPS) is 13.9. The molecule has 2 rings (SSSR count). The van der Waals surface area contributed by atoms with Crippen LogP contribution in [0.1, 0.15) is 23.2 Å². The van der Waals surface area contributed by atoms with Crippen LogP contribution in [0.5, 0.6) is 0 Å². The van der Waals surface area contributed by atoms with E-state index in [0.717, 1.165) is 25.0 Å². The van der Waals surface area contributed by atoms with Crippen molar-refractivity contribution in [3.05, 3.63) is 29.3 Å². The lowest BCUT2D eigenvalue weighted by Gasteiger charge is -2.20. The third kappa shape index (κ3) is 3.02. The molecule has 0 radical (unpaired) electrons. The minimum absolute atomic E-state index is 0.0746. The smallest absolute Gasteiger partial charge is 0.257 e. The van der Waals surface area contributed by atoms with Crippen molar-refractivity contribution >= 4 is 11.6 Å². The van der Waals surface area contributed by atoms with Crippen molar-refractivity contribution in [2.75, 3.05) is 18.8 Å². The van der Waals surface area contributed by atoms with Gasteiger partial charge in [0.05, 0.1) is 17.8 Å². The Balaban J connectivity index is 2.27. The Morgan fingerprint density at radius 3 is 2.74 bits per heavy atom. The van der Waals surface area contributed by atoms with E-state index < -0.39 is 17.5 Å². The second kappa shape index (κ2) is 5.27. The van der Waals surface area contributed by atoms with Gasteiger partial charge in [-0.05, 0) is 30.9 Å². The molecule has 0 heterocycles. The number of hydrogen-bond donors (Lipinski definition) is 1. The maximum absolute atomic E-state index is 13.8. The van der Waals surface area contributed by atoms with Crippen LogP contribution in [0, 0.1) is 29.9 Å². The molecule has 1 aromatic rings. The first-order valence-corrected chi connectivity index (χ1v) is 6.00. The second-order valence-corrected chi connectivity index (χ2v) is 4.69. The number of nitrogen functional groups attached to an aromatic ring is 1. The molecule has 1 aliphatic rings. The molecule has 0 aliphatic heterocycles. The molecule has 19 heavy (non-hydrogen) atoms. The Hall–Kier alpha value is -2.09. The van der Waals surface area contributed by atoms with E-state index in [9.17, 15) is 13.6 Å². The first kappa shape index (κ1) is 13.3. The van der Waals surface area contributed by atoms with Crippen molar-refractivity contribution in [3.63, 3.8) is 0 Å². The summed E-state index contributed by atoms with van der Waals surface area (Å²) < 4.78 is 27.0. The molecule has 0 bridgehead atoms. The number of hydrogen-bond acceptors (Lipinski definition) is 2. The van der Waals surface area contributed by atoms with Crippen LogP contribution < -0.4 is 5.73 Å². The maximum Gasteiger partial charge on any atom is 0.257 e. The monoisotopic (exact) mass is 264 g/mol. The Bertz CT molecular complexity index is 547. The number of nitrogens with two attached hydrogens (primary N) is 1. The van der Waals surface area contributed by atoms with E-state index in [1.165, 1.54) is 4.90 Å². The summed E-state index contributed by atoms with van der Waals surface area (Å²) in [6.45, 7) is 0.546. The van der Waals surface area contributed by atoms with Crippen molar-refractivity contribution in [1.29, 1.82) is 0 Å². The van der Waals surface area contributed by atoms with Crippen LogP contribution in [-0.2, 0) is 0 Å². The molecule has 100 valence electrons. The van der Waals surface area contributed by atoms with E-state index in [1.807, 2.05) is 0 Å². The number of carbonyl (C=O) groups excluding carboxylic acids is 1. The molecule has 1 aromatic carbocycles. The number of terminal acetylenes is 1. The number of nitrogens with zero attached hydrogens (tertiary/aromatic N) is 1. The van der Waals surface area contributed by atoms with Crippen LogP contribution >= 0.6 is 0 Å². The quantitative estimate of drug-likeness (QED) is 0.668. The van der Waals surface area contributed by atoms with E-state index in [1.54, 1.807) is 0 Å². The molecule has 1 aliphatic carbocycles.